The van der Waals surface area contributed by atoms with Gasteiger partial charge in [0.25, 0.3) is 0 Å². The van der Waals surface area contributed by atoms with Gasteiger partial charge in [0.2, 0.25) is 0 Å². The van der Waals surface area contributed by atoms with Gasteiger partial charge < -0.3 is 4.43 Å². The minimum atomic E-state index is -1.58. The molecule has 0 aromatic rings. The van der Waals surface area contributed by atoms with Gasteiger partial charge in [0.15, 0.2) is 14.1 Å². The molecule has 2 nitrogen and oxygen atoms in total. The van der Waals surface area contributed by atoms with Crippen molar-refractivity contribution >= 4 is 14.1 Å². The summed E-state index contributed by atoms with van der Waals surface area (Å²) in [6, 6.07) is 0. The van der Waals surface area contributed by atoms with E-state index in [9.17, 15) is 4.79 Å². The van der Waals surface area contributed by atoms with Gasteiger partial charge in [-0.05, 0) is 26.6 Å². The number of hydrogen-bond donors (Lipinski definition) is 0. The van der Waals surface area contributed by atoms with Crippen molar-refractivity contribution in [2.75, 3.05) is 0 Å². The number of carbonyl (C=O) groups excluding carboxylic acids is 1. The Hall–Kier alpha value is -0.153. The van der Waals surface area contributed by atoms with Crippen LogP contribution in [-0.4, -0.2) is 20.2 Å². The number of carbonyl (C=O) groups is 1. The van der Waals surface area contributed by atoms with Crippen molar-refractivity contribution < 1.29 is 9.22 Å². The SMILES string of the molecule is CC(O[Si](C)(C)C)C(=O)C(C)(C)C. The highest BCUT2D eigenvalue weighted by molar-refractivity contribution is 6.69. The van der Waals surface area contributed by atoms with Crippen LogP contribution in [-0.2, 0) is 9.22 Å². The lowest BCUT2D eigenvalue weighted by Gasteiger charge is -2.27. The fourth-order valence-electron chi connectivity index (χ4n) is 1.19. The Balaban J connectivity index is 4.30. The van der Waals surface area contributed by atoms with Crippen molar-refractivity contribution in [1.29, 1.82) is 0 Å². The summed E-state index contributed by atoms with van der Waals surface area (Å²) in [6.07, 6.45) is -0.258. The van der Waals surface area contributed by atoms with E-state index in [1.54, 1.807) is 0 Å². The molecule has 78 valence electrons. The number of hydrogen-bond acceptors (Lipinski definition) is 2. The van der Waals surface area contributed by atoms with Crippen LogP contribution in [0.25, 0.3) is 0 Å². The van der Waals surface area contributed by atoms with Gasteiger partial charge >= 0.3 is 0 Å². The maximum Gasteiger partial charge on any atom is 0.184 e. The normalized spacial score (nSPS) is 15.6. The number of Topliss-reactive ketones (excluding diaryl/α,β-unsaturated/α-hetero) is 1. The lowest BCUT2D eigenvalue weighted by Crippen LogP contribution is -2.39. The van der Waals surface area contributed by atoms with E-state index >= 15 is 0 Å². The van der Waals surface area contributed by atoms with Crippen LogP contribution in [0.15, 0.2) is 0 Å². The molecule has 0 heterocycles. The third kappa shape index (κ3) is 5.21. The summed E-state index contributed by atoms with van der Waals surface area (Å²) in [7, 11) is -1.58. The van der Waals surface area contributed by atoms with Crippen molar-refractivity contribution in [3.8, 4) is 0 Å². The monoisotopic (exact) mass is 202 g/mol. The van der Waals surface area contributed by atoms with Gasteiger partial charge in [0.1, 0.15) is 6.10 Å². The van der Waals surface area contributed by atoms with E-state index in [1.807, 2.05) is 27.7 Å². The molecule has 1 unspecified atom stereocenters. The summed E-state index contributed by atoms with van der Waals surface area (Å²) >= 11 is 0. The molecule has 0 spiro atoms. The largest absolute Gasteiger partial charge is 0.408 e. The van der Waals surface area contributed by atoms with Gasteiger partial charge in [-0.25, -0.2) is 0 Å². The van der Waals surface area contributed by atoms with Crippen LogP contribution >= 0.6 is 0 Å². The van der Waals surface area contributed by atoms with Crippen LogP contribution < -0.4 is 0 Å². The fraction of sp³-hybridized carbons (Fsp3) is 0.900. The summed E-state index contributed by atoms with van der Waals surface area (Å²) in [6.45, 7) is 13.9. The molecular formula is C10H22O2Si. The zero-order valence-electron chi connectivity index (χ0n) is 9.89. The first-order valence-electron chi connectivity index (χ1n) is 4.76. The Kier molecular flexibility index (Phi) is 3.88. The van der Waals surface area contributed by atoms with Gasteiger partial charge in [-0.15, -0.1) is 0 Å². The summed E-state index contributed by atoms with van der Waals surface area (Å²) in [4.78, 5) is 11.7. The molecule has 0 fully saturated rings. The smallest absolute Gasteiger partial charge is 0.184 e. The topological polar surface area (TPSA) is 26.3 Å². The Morgan fingerprint density at radius 2 is 1.62 bits per heavy atom. The van der Waals surface area contributed by atoms with E-state index in [1.165, 1.54) is 0 Å². The lowest BCUT2D eigenvalue weighted by atomic mass is 9.88. The summed E-state index contributed by atoms with van der Waals surface area (Å²) in [5.74, 6) is 0.190. The van der Waals surface area contributed by atoms with Crippen molar-refractivity contribution in [2.45, 2.75) is 53.4 Å². The molecule has 0 aromatic carbocycles. The highest BCUT2D eigenvalue weighted by Gasteiger charge is 2.30. The first-order chi connectivity index (χ1) is 5.54. The fourth-order valence-corrected chi connectivity index (χ4v) is 2.36. The van der Waals surface area contributed by atoms with E-state index in [-0.39, 0.29) is 17.3 Å². The molecule has 0 saturated carbocycles. The third-order valence-corrected chi connectivity index (χ3v) is 2.70. The van der Waals surface area contributed by atoms with Crippen LogP contribution in [0.1, 0.15) is 27.7 Å². The average Bonchev–Trinajstić information content (AvgIpc) is 1.79. The predicted octanol–water partition coefficient (Wildman–Crippen LogP) is 2.84. The minimum absolute atomic E-state index is 0.190. The molecule has 13 heavy (non-hydrogen) atoms. The van der Waals surface area contributed by atoms with Gasteiger partial charge in [-0.2, -0.15) is 0 Å². The maximum atomic E-state index is 11.7. The molecule has 0 rings (SSSR count). The van der Waals surface area contributed by atoms with Gasteiger partial charge in [0.05, 0.1) is 0 Å². The van der Waals surface area contributed by atoms with Crippen LogP contribution in [0, 0.1) is 5.41 Å². The zero-order chi connectivity index (χ0) is 10.9. The van der Waals surface area contributed by atoms with Crippen molar-refractivity contribution in [1.82, 2.24) is 0 Å². The Morgan fingerprint density at radius 1 is 1.23 bits per heavy atom. The molecule has 0 aromatic heterocycles. The molecule has 0 bridgehead atoms. The van der Waals surface area contributed by atoms with Crippen molar-refractivity contribution in [3.05, 3.63) is 0 Å². The van der Waals surface area contributed by atoms with Gasteiger partial charge in [0, 0.05) is 5.41 Å². The Morgan fingerprint density at radius 3 is 1.85 bits per heavy atom. The zero-order valence-corrected chi connectivity index (χ0v) is 10.9. The molecule has 0 aliphatic carbocycles. The molecule has 0 amide bonds. The molecule has 0 saturated heterocycles. The standard InChI is InChI=1S/C10H22O2Si/c1-8(12-13(5,6)7)9(11)10(2,3)4/h8H,1-7H3. The molecule has 0 aliphatic heterocycles. The van der Waals surface area contributed by atoms with E-state index in [4.69, 9.17) is 4.43 Å². The second-order valence-electron chi connectivity index (χ2n) is 5.49. The van der Waals surface area contributed by atoms with E-state index in [0.717, 1.165) is 0 Å². The summed E-state index contributed by atoms with van der Waals surface area (Å²) in [5, 5.41) is 0. The lowest BCUT2D eigenvalue weighted by molar-refractivity contribution is -0.133. The molecular weight excluding hydrogens is 180 g/mol. The minimum Gasteiger partial charge on any atom is -0.408 e. The number of ketones is 1. The molecule has 0 radical (unpaired) electrons. The van der Waals surface area contributed by atoms with Crippen molar-refractivity contribution in [3.63, 3.8) is 0 Å². The first-order valence-corrected chi connectivity index (χ1v) is 8.17. The highest BCUT2D eigenvalue weighted by Crippen LogP contribution is 2.20. The summed E-state index contributed by atoms with van der Waals surface area (Å²) in [5.41, 5.74) is -0.293. The van der Waals surface area contributed by atoms with Gasteiger partial charge in [-0.3, -0.25) is 4.79 Å². The Labute approximate surface area is 82.8 Å². The predicted molar refractivity (Wildman–Crippen MR) is 58.4 cm³/mol. The maximum absolute atomic E-state index is 11.7. The quantitative estimate of drug-likeness (QED) is 0.658. The number of rotatable bonds is 3. The second kappa shape index (κ2) is 3.92. The highest BCUT2D eigenvalue weighted by atomic mass is 28.4. The van der Waals surface area contributed by atoms with E-state index in [0.29, 0.717) is 0 Å². The van der Waals surface area contributed by atoms with Crippen LogP contribution in [0.2, 0.25) is 19.6 Å². The molecule has 0 aliphatic rings. The summed E-state index contributed by atoms with van der Waals surface area (Å²) < 4.78 is 5.72. The van der Waals surface area contributed by atoms with Crippen LogP contribution in [0.4, 0.5) is 0 Å². The third-order valence-electron chi connectivity index (χ3n) is 1.64. The molecule has 1 atom stereocenters. The van der Waals surface area contributed by atoms with E-state index < -0.39 is 8.32 Å². The molecule has 3 heteroatoms. The van der Waals surface area contributed by atoms with Crippen LogP contribution in [0.5, 0.6) is 0 Å². The molecule has 0 N–H and O–H groups in total. The second-order valence-corrected chi connectivity index (χ2v) is 9.95. The first kappa shape index (κ1) is 12.8. The van der Waals surface area contributed by atoms with Crippen molar-refractivity contribution in [2.24, 2.45) is 5.41 Å². The van der Waals surface area contributed by atoms with Crippen LogP contribution in [0.3, 0.4) is 0 Å². The van der Waals surface area contributed by atoms with Gasteiger partial charge in [-0.1, -0.05) is 20.8 Å². The average molecular weight is 202 g/mol. The van der Waals surface area contributed by atoms with E-state index in [2.05, 4.69) is 19.6 Å². The Bertz CT molecular complexity index is 186.